The third-order valence-corrected chi connectivity index (χ3v) is 4.41. The molecule has 1 amide bonds. The summed E-state index contributed by atoms with van der Waals surface area (Å²) in [5.74, 6) is 1.25. The third kappa shape index (κ3) is 4.82. The molecule has 2 N–H and O–H groups in total. The fourth-order valence-electron chi connectivity index (χ4n) is 2.95. The second-order valence-electron chi connectivity index (χ2n) is 6.22. The highest BCUT2D eigenvalue weighted by Gasteiger charge is 2.11. The van der Waals surface area contributed by atoms with E-state index in [0.29, 0.717) is 11.3 Å². The molecule has 3 rings (SSSR count). The lowest BCUT2D eigenvalue weighted by atomic mass is 10.1. The van der Waals surface area contributed by atoms with Gasteiger partial charge in [-0.15, -0.1) is 0 Å². The van der Waals surface area contributed by atoms with E-state index in [1.54, 1.807) is 26.4 Å². The number of hydrogen-bond acceptors (Lipinski definition) is 4. The van der Waals surface area contributed by atoms with E-state index in [4.69, 9.17) is 9.47 Å². The van der Waals surface area contributed by atoms with E-state index >= 15 is 0 Å². The number of methoxy groups -OCH3 is 2. The number of rotatable bonds is 8. The van der Waals surface area contributed by atoms with Crippen LogP contribution in [0.5, 0.6) is 11.5 Å². The molecule has 0 bridgehead atoms. The van der Waals surface area contributed by atoms with Crippen molar-refractivity contribution in [2.45, 2.75) is 6.42 Å². The van der Waals surface area contributed by atoms with Crippen LogP contribution in [0.4, 0.5) is 11.4 Å². The number of amides is 1. The Kier molecular flexibility index (Phi) is 6.52. The first-order valence-electron chi connectivity index (χ1n) is 9.11. The van der Waals surface area contributed by atoms with E-state index in [-0.39, 0.29) is 5.91 Å². The normalized spacial score (nSPS) is 10.2. The molecule has 0 saturated heterocycles. The summed E-state index contributed by atoms with van der Waals surface area (Å²) in [6.45, 7) is 0.785. The zero-order valence-electron chi connectivity index (χ0n) is 16.1. The van der Waals surface area contributed by atoms with Crippen LogP contribution in [0.15, 0.2) is 72.8 Å². The van der Waals surface area contributed by atoms with Crippen molar-refractivity contribution < 1.29 is 14.3 Å². The number of carbonyl (C=O) groups excluding carboxylic acids is 1. The van der Waals surface area contributed by atoms with E-state index in [1.165, 1.54) is 0 Å². The molecule has 0 spiro atoms. The highest BCUT2D eigenvalue weighted by molar-refractivity contribution is 6.06. The first-order valence-corrected chi connectivity index (χ1v) is 9.11. The molecular formula is C23H24N2O3. The van der Waals surface area contributed by atoms with Gasteiger partial charge < -0.3 is 20.1 Å². The van der Waals surface area contributed by atoms with Gasteiger partial charge in [-0.2, -0.15) is 0 Å². The minimum absolute atomic E-state index is 0.200. The van der Waals surface area contributed by atoms with Crippen LogP contribution in [-0.4, -0.2) is 26.7 Å². The number of benzene rings is 3. The van der Waals surface area contributed by atoms with Crippen molar-refractivity contribution in [2.24, 2.45) is 0 Å². The van der Waals surface area contributed by atoms with E-state index in [9.17, 15) is 4.79 Å². The lowest BCUT2D eigenvalue weighted by Gasteiger charge is -2.11. The molecule has 144 valence electrons. The van der Waals surface area contributed by atoms with Crippen molar-refractivity contribution in [1.29, 1.82) is 0 Å². The summed E-state index contributed by atoms with van der Waals surface area (Å²) in [5.41, 5.74) is 3.39. The average molecular weight is 376 g/mol. The Labute approximate surface area is 165 Å². The molecule has 0 fully saturated rings. The van der Waals surface area contributed by atoms with Crippen LogP contribution in [0.3, 0.4) is 0 Å². The van der Waals surface area contributed by atoms with E-state index in [0.717, 1.165) is 35.7 Å². The minimum atomic E-state index is -0.200. The second-order valence-corrected chi connectivity index (χ2v) is 6.22. The maximum atomic E-state index is 12.4. The van der Waals surface area contributed by atoms with Crippen molar-refractivity contribution in [3.8, 4) is 11.5 Å². The summed E-state index contributed by atoms with van der Waals surface area (Å²) in [4.78, 5) is 12.4. The standard InChI is InChI=1S/C23H24N2O3/c1-27-21-9-5-3-7-17(21)15-16-24-18-11-13-19(14-12-18)25-23(26)20-8-4-6-10-22(20)28-2/h3-14,24H,15-16H2,1-2H3,(H,25,26). The SMILES string of the molecule is COc1ccccc1CCNc1ccc(NC(=O)c2ccccc2OC)cc1. The first-order chi connectivity index (χ1) is 13.7. The minimum Gasteiger partial charge on any atom is -0.496 e. The van der Waals surface area contributed by atoms with Crippen LogP contribution in [0.25, 0.3) is 0 Å². The highest BCUT2D eigenvalue weighted by Crippen LogP contribution is 2.21. The molecule has 0 aliphatic carbocycles. The molecule has 3 aromatic rings. The Bertz CT molecular complexity index is 923. The Morgan fingerprint density at radius 3 is 2.11 bits per heavy atom. The maximum absolute atomic E-state index is 12.4. The van der Waals surface area contributed by atoms with Crippen molar-refractivity contribution in [1.82, 2.24) is 0 Å². The number of nitrogens with one attached hydrogen (secondary N) is 2. The van der Waals surface area contributed by atoms with Gasteiger partial charge in [0.05, 0.1) is 19.8 Å². The van der Waals surface area contributed by atoms with Crippen LogP contribution >= 0.6 is 0 Å². The fourth-order valence-corrected chi connectivity index (χ4v) is 2.95. The van der Waals surface area contributed by atoms with Gasteiger partial charge in [0.25, 0.3) is 5.91 Å². The fraction of sp³-hybridized carbons (Fsp3) is 0.174. The van der Waals surface area contributed by atoms with Crippen LogP contribution in [0.2, 0.25) is 0 Å². The van der Waals surface area contributed by atoms with Crippen LogP contribution in [0.1, 0.15) is 15.9 Å². The number of hydrogen-bond donors (Lipinski definition) is 2. The first kappa shape index (κ1) is 19.3. The Hall–Kier alpha value is -3.47. The summed E-state index contributed by atoms with van der Waals surface area (Å²) >= 11 is 0. The van der Waals surface area contributed by atoms with Crippen molar-refractivity contribution in [3.05, 3.63) is 83.9 Å². The second kappa shape index (κ2) is 9.46. The molecule has 0 atom stereocenters. The molecule has 0 aromatic heterocycles. The highest BCUT2D eigenvalue weighted by atomic mass is 16.5. The van der Waals surface area contributed by atoms with Gasteiger partial charge in [-0.25, -0.2) is 0 Å². The summed E-state index contributed by atoms with van der Waals surface area (Å²) in [7, 11) is 3.24. The quantitative estimate of drug-likeness (QED) is 0.603. The largest absolute Gasteiger partial charge is 0.496 e. The third-order valence-electron chi connectivity index (χ3n) is 4.41. The average Bonchev–Trinajstić information content (AvgIpc) is 2.75. The number of ether oxygens (including phenoxy) is 2. The van der Waals surface area contributed by atoms with Crippen molar-refractivity contribution in [2.75, 3.05) is 31.4 Å². The predicted octanol–water partition coefficient (Wildman–Crippen LogP) is 4.61. The van der Waals surface area contributed by atoms with E-state index in [2.05, 4.69) is 16.7 Å². The molecule has 0 aliphatic heterocycles. The van der Waals surface area contributed by atoms with Gasteiger partial charge in [-0.1, -0.05) is 30.3 Å². The molecule has 0 unspecified atom stereocenters. The zero-order chi connectivity index (χ0) is 19.8. The topological polar surface area (TPSA) is 59.6 Å². The van der Waals surface area contributed by atoms with Gasteiger partial charge in [0.2, 0.25) is 0 Å². The monoisotopic (exact) mass is 376 g/mol. The molecule has 3 aromatic carbocycles. The lowest BCUT2D eigenvalue weighted by Crippen LogP contribution is -2.13. The molecule has 0 saturated carbocycles. The number of anilines is 2. The van der Waals surface area contributed by atoms with Gasteiger partial charge in [0.1, 0.15) is 11.5 Å². The van der Waals surface area contributed by atoms with Gasteiger partial charge in [0.15, 0.2) is 0 Å². The van der Waals surface area contributed by atoms with Crippen molar-refractivity contribution in [3.63, 3.8) is 0 Å². The molecule has 0 radical (unpaired) electrons. The molecule has 28 heavy (non-hydrogen) atoms. The van der Waals surface area contributed by atoms with Gasteiger partial charge >= 0.3 is 0 Å². The smallest absolute Gasteiger partial charge is 0.259 e. The van der Waals surface area contributed by atoms with Gasteiger partial charge in [-0.05, 0) is 54.4 Å². The lowest BCUT2D eigenvalue weighted by molar-refractivity contribution is 0.102. The van der Waals surface area contributed by atoms with E-state index < -0.39 is 0 Å². The number of para-hydroxylation sites is 2. The van der Waals surface area contributed by atoms with Crippen LogP contribution < -0.4 is 20.1 Å². The Morgan fingerprint density at radius 1 is 0.786 bits per heavy atom. The van der Waals surface area contributed by atoms with Crippen LogP contribution in [-0.2, 0) is 6.42 Å². The Morgan fingerprint density at radius 2 is 1.39 bits per heavy atom. The maximum Gasteiger partial charge on any atom is 0.259 e. The summed E-state index contributed by atoms with van der Waals surface area (Å²) in [6, 6.07) is 22.8. The van der Waals surface area contributed by atoms with Gasteiger partial charge in [-0.3, -0.25) is 4.79 Å². The summed E-state index contributed by atoms with van der Waals surface area (Å²) < 4.78 is 10.6. The van der Waals surface area contributed by atoms with Gasteiger partial charge in [0, 0.05) is 17.9 Å². The molecular weight excluding hydrogens is 352 g/mol. The summed E-state index contributed by atoms with van der Waals surface area (Å²) in [6.07, 6.45) is 0.857. The zero-order valence-corrected chi connectivity index (χ0v) is 16.1. The Balaban J connectivity index is 1.55. The molecule has 5 heteroatoms. The molecule has 0 aliphatic rings. The van der Waals surface area contributed by atoms with Crippen molar-refractivity contribution >= 4 is 17.3 Å². The summed E-state index contributed by atoms with van der Waals surface area (Å²) in [5, 5.41) is 6.28. The predicted molar refractivity (Wildman–Crippen MR) is 113 cm³/mol. The number of carbonyl (C=O) groups is 1. The molecule has 5 nitrogen and oxygen atoms in total. The van der Waals surface area contributed by atoms with E-state index in [1.807, 2.05) is 54.6 Å². The molecule has 0 heterocycles. The van der Waals surface area contributed by atoms with Crippen LogP contribution in [0, 0.1) is 0 Å².